The van der Waals surface area contributed by atoms with Gasteiger partial charge in [-0.15, -0.1) is 0 Å². The van der Waals surface area contributed by atoms with Gasteiger partial charge in [0.15, 0.2) is 0 Å². The molecule has 0 unspecified atom stereocenters. The number of carboxylic acid groups (broad SMARTS) is 1. The van der Waals surface area contributed by atoms with Crippen molar-refractivity contribution in [2.24, 2.45) is 13.0 Å². The SMILES string of the molecule is C[C@H](NCc1ccc(Cl)cc1Oc1ccc(-c2cnc(CN(C)C)n2C)cc1)C(=O)N1[C@H](C(=O)N[C@@]2(Cc3ccc(Cl)cc3)CCCN(C(=O)[C@@H](CC(=O)O)Cc3cccc[n+]3O)C2)COC1(C)C. The first kappa shape index (κ1) is 50.8. The summed E-state index contributed by atoms with van der Waals surface area (Å²) < 4.78 is 15.5. The van der Waals surface area contributed by atoms with E-state index in [1.165, 1.54) is 11.1 Å². The molecule has 2 fully saturated rings. The molecule has 69 heavy (non-hydrogen) atoms. The molecule has 0 spiro atoms. The summed E-state index contributed by atoms with van der Waals surface area (Å²) in [4.78, 5) is 65.4. The van der Waals surface area contributed by atoms with Gasteiger partial charge in [-0.2, -0.15) is 0 Å². The van der Waals surface area contributed by atoms with Gasteiger partial charge in [-0.1, -0.05) is 41.4 Å². The number of rotatable bonds is 18. The number of hydrogen-bond donors (Lipinski definition) is 4. The van der Waals surface area contributed by atoms with E-state index in [1.54, 1.807) is 68.1 Å². The summed E-state index contributed by atoms with van der Waals surface area (Å²) in [5.41, 5.74) is 1.79. The normalized spacial score (nSPS) is 18.8. The van der Waals surface area contributed by atoms with E-state index in [-0.39, 0.29) is 32.0 Å². The minimum atomic E-state index is -1.15. The van der Waals surface area contributed by atoms with E-state index in [4.69, 9.17) is 32.7 Å². The summed E-state index contributed by atoms with van der Waals surface area (Å²) in [7, 11) is 6.00. The van der Waals surface area contributed by atoms with E-state index >= 15 is 0 Å². The predicted octanol–water partition coefficient (Wildman–Crippen LogP) is 6.27. The molecule has 2 aliphatic rings. The van der Waals surface area contributed by atoms with Gasteiger partial charge < -0.3 is 39.6 Å². The maximum atomic E-state index is 14.7. The van der Waals surface area contributed by atoms with Crippen molar-refractivity contribution in [1.29, 1.82) is 0 Å². The lowest BCUT2D eigenvalue weighted by Crippen LogP contribution is -2.65. The molecule has 2 aromatic heterocycles. The van der Waals surface area contributed by atoms with Crippen LogP contribution in [0.15, 0.2) is 97.3 Å². The second kappa shape index (κ2) is 21.7. The van der Waals surface area contributed by atoms with Crippen LogP contribution in [-0.4, -0.2) is 115 Å². The summed E-state index contributed by atoms with van der Waals surface area (Å²) in [6, 6.07) is 23.4. The van der Waals surface area contributed by atoms with Crippen LogP contribution in [0.1, 0.15) is 62.7 Å². The van der Waals surface area contributed by atoms with Crippen LogP contribution in [0, 0.1) is 5.92 Å². The molecule has 2 aliphatic heterocycles. The van der Waals surface area contributed by atoms with Crippen molar-refractivity contribution in [2.45, 2.75) is 89.3 Å². The fourth-order valence-corrected chi connectivity index (χ4v) is 9.54. The Morgan fingerprint density at radius 1 is 1.00 bits per heavy atom. The number of imidazole rings is 1. The number of carboxylic acids is 1. The van der Waals surface area contributed by atoms with Gasteiger partial charge in [0.2, 0.25) is 29.6 Å². The van der Waals surface area contributed by atoms with Crippen LogP contribution in [0.5, 0.6) is 11.5 Å². The van der Waals surface area contributed by atoms with E-state index in [0.717, 1.165) is 32.9 Å². The molecule has 0 saturated carbocycles. The molecule has 5 aromatic rings. The molecule has 4 heterocycles. The molecule has 0 bridgehead atoms. The van der Waals surface area contributed by atoms with E-state index in [1.807, 2.05) is 69.8 Å². The quantitative estimate of drug-likeness (QED) is 0.0574. The second-order valence-electron chi connectivity index (χ2n) is 18.8. The molecule has 16 nitrogen and oxygen atoms in total. The van der Waals surface area contributed by atoms with Gasteiger partial charge in [0, 0.05) is 71.1 Å². The monoisotopic (exact) mass is 983 g/mol. The number of nitrogens with zero attached hydrogens (tertiary/aromatic N) is 6. The first-order chi connectivity index (χ1) is 32.8. The molecule has 18 heteroatoms. The molecule has 3 amide bonds. The molecule has 366 valence electrons. The highest BCUT2D eigenvalue weighted by Gasteiger charge is 2.50. The van der Waals surface area contributed by atoms with Crippen LogP contribution in [0.4, 0.5) is 0 Å². The zero-order valence-electron chi connectivity index (χ0n) is 39.8. The van der Waals surface area contributed by atoms with Crippen LogP contribution in [0.25, 0.3) is 11.3 Å². The molecular weight excluding hydrogens is 924 g/mol. The van der Waals surface area contributed by atoms with Crippen molar-refractivity contribution in [1.82, 2.24) is 34.9 Å². The molecule has 4 atom stereocenters. The van der Waals surface area contributed by atoms with Gasteiger partial charge in [0.05, 0.1) is 49.0 Å². The molecule has 0 aliphatic carbocycles. The predicted molar refractivity (Wildman–Crippen MR) is 260 cm³/mol. The number of aliphatic carboxylic acids is 1. The number of likely N-dealkylation sites (tertiary alicyclic amines) is 1. The third-order valence-electron chi connectivity index (χ3n) is 12.8. The van der Waals surface area contributed by atoms with E-state index in [2.05, 4.69) is 25.1 Å². The van der Waals surface area contributed by atoms with Crippen LogP contribution < -0.4 is 20.1 Å². The third kappa shape index (κ3) is 12.4. The Labute approximate surface area is 412 Å². The number of ether oxygens (including phenoxy) is 2. The van der Waals surface area contributed by atoms with Crippen molar-refractivity contribution in [3.8, 4) is 22.8 Å². The Morgan fingerprint density at radius 3 is 2.42 bits per heavy atom. The molecule has 0 radical (unpaired) electrons. The summed E-state index contributed by atoms with van der Waals surface area (Å²) in [5, 5.41) is 27.9. The lowest BCUT2D eigenvalue weighted by atomic mass is 9.82. The average Bonchev–Trinajstić information content (AvgIpc) is 3.83. The number of nitrogens with one attached hydrogen (secondary N) is 2. The minimum absolute atomic E-state index is 0.0146. The number of pyridine rings is 1. The third-order valence-corrected chi connectivity index (χ3v) is 13.3. The Bertz CT molecular complexity index is 2640. The summed E-state index contributed by atoms with van der Waals surface area (Å²) >= 11 is 12.7. The number of carbonyl (C=O) groups is 4. The van der Waals surface area contributed by atoms with Crippen LogP contribution in [0.3, 0.4) is 0 Å². The lowest BCUT2D eigenvalue weighted by molar-refractivity contribution is -0.909. The van der Waals surface area contributed by atoms with Crippen molar-refractivity contribution in [2.75, 3.05) is 33.8 Å². The van der Waals surface area contributed by atoms with Gasteiger partial charge in [-0.25, -0.2) is 4.98 Å². The molecule has 7 rings (SSSR count). The fourth-order valence-electron chi connectivity index (χ4n) is 9.26. The van der Waals surface area contributed by atoms with Crippen LogP contribution in [-0.2, 0) is 56.9 Å². The average molecular weight is 985 g/mol. The maximum Gasteiger partial charge on any atom is 0.304 e. The van der Waals surface area contributed by atoms with Gasteiger partial charge in [0.25, 0.3) is 0 Å². The van der Waals surface area contributed by atoms with Crippen LogP contribution >= 0.6 is 23.2 Å². The fraction of sp³-hybridized carbons (Fsp3) is 0.412. The molecular formula is C51H61Cl2N8O8+. The zero-order chi connectivity index (χ0) is 49.6. The van der Waals surface area contributed by atoms with Crippen molar-refractivity contribution in [3.63, 3.8) is 0 Å². The summed E-state index contributed by atoms with van der Waals surface area (Å²) in [6.45, 7) is 6.51. The van der Waals surface area contributed by atoms with E-state index in [9.17, 15) is 29.5 Å². The standard InChI is InChI=1S/C51H60Cl2N8O8/c1-33(54-28-36-13-18-39(53)26-44(36)69-41-19-14-35(15-20-41)42-29-55-45(58(42)6)30-57(4)5)48(65)61-43(31-68-50(61,2)3)47(64)56-51(27-34-11-16-38(52)17-12-34)21-9-22-59(32-51)49(66)37(25-46(62)63)24-40-10-7-8-23-60(40)67/h7-8,10-20,23,26,29,33,37,43,54H,9,21-22,24-25,27-28,30-32H2,1-6H3,(H2-,56,62,63,64,67)/p+1/t33-,37+,43-,51+/m0/s1. The van der Waals surface area contributed by atoms with Crippen molar-refractivity contribution in [3.05, 3.63) is 130 Å². The van der Waals surface area contributed by atoms with E-state index in [0.29, 0.717) is 59.6 Å². The largest absolute Gasteiger partial charge is 0.481 e. The number of halogens is 2. The number of amides is 3. The van der Waals surface area contributed by atoms with Crippen molar-refractivity contribution < 1.29 is 43.7 Å². The summed E-state index contributed by atoms with van der Waals surface area (Å²) in [6.07, 6.45) is 4.13. The van der Waals surface area contributed by atoms with Gasteiger partial charge in [0.1, 0.15) is 29.1 Å². The molecule has 4 N–H and O–H groups in total. The topological polar surface area (TPSA) is 183 Å². The van der Waals surface area contributed by atoms with E-state index < -0.39 is 53.5 Å². The number of hydrogen-bond acceptors (Lipinski definition) is 10. The number of piperidine rings is 1. The summed E-state index contributed by atoms with van der Waals surface area (Å²) in [5.74, 6) is -1.30. The van der Waals surface area contributed by atoms with Gasteiger partial charge in [-0.3, -0.25) is 29.3 Å². The second-order valence-corrected chi connectivity index (χ2v) is 19.7. The zero-order valence-corrected chi connectivity index (χ0v) is 41.3. The van der Waals surface area contributed by atoms with Crippen LogP contribution in [0.2, 0.25) is 10.0 Å². The Kier molecular flexibility index (Phi) is 16.0. The first-order valence-electron chi connectivity index (χ1n) is 23.0. The lowest BCUT2D eigenvalue weighted by Gasteiger charge is -2.45. The van der Waals surface area contributed by atoms with Crippen molar-refractivity contribution >= 4 is 46.9 Å². The van der Waals surface area contributed by atoms with Gasteiger partial charge >= 0.3 is 5.97 Å². The highest BCUT2D eigenvalue weighted by atomic mass is 35.5. The molecule has 3 aromatic carbocycles. The number of benzene rings is 3. The first-order valence-corrected chi connectivity index (χ1v) is 23.8. The minimum Gasteiger partial charge on any atom is -0.481 e. The number of carbonyl (C=O) groups excluding carboxylic acids is 3. The number of aromatic nitrogens is 3. The molecule has 2 saturated heterocycles. The smallest absolute Gasteiger partial charge is 0.304 e. The Balaban J connectivity index is 1.06. The highest BCUT2D eigenvalue weighted by Crippen LogP contribution is 2.34. The highest BCUT2D eigenvalue weighted by molar-refractivity contribution is 6.31. The van der Waals surface area contributed by atoms with Gasteiger partial charge in [-0.05, 0) is 114 Å². The Morgan fingerprint density at radius 2 is 1.72 bits per heavy atom. The maximum absolute atomic E-state index is 14.7. The Hall–Kier alpha value is -6.04.